The summed E-state index contributed by atoms with van der Waals surface area (Å²) in [5.74, 6) is -0.646. The zero-order valence-electron chi connectivity index (χ0n) is 13.0. The van der Waals surface area contributed by atoms with E-state index >= 15 is 0 Å². The van der Waals surface area contributed by atoms with Gasteiger partial charge in [-0.1, -0.05) is 23.5 Å². The third-order valence-corrected chi connectivity index (χ3v) is 4.46. The predicted molar refractivity (Wildman–Crippen MR) is 89.5 cm³/mol. The van der Waals surface area contributed by atoms with Gasteiger partial charge in [-0.3, -0.25) is 15.1 Å². The van der Waals surface area contributed by atoms with Crippen molar-refractivity contribution in [2.24, 2.45) is 0 Å². The van der Waals surface area contributed by atoms with Gasteiger partial charge in [0.05, 0.1) is 21.8 Å². The molecule has 0 aliphatic heterocycles. The van der Waals surface area contributed by atoms with E-state index in [2.05, 4.69) is 15.3 Å². The van der Waals surface area contributed by atoms with Crippen molar-refractivity contribution in [1.82, 2.24) is 9.97 Å². The third-order valence-electron chi connectivity index (χ3n) is 3.37. The van der Waals surface area contributed by atoms with Crippen molar-refractivity contribution in [3.63, 3.8) is 0 Å². The number of nitrogens with one attached hydrogen (secondary N) is 1. The Balaban J connectivity index is 1.83. The van der Waals surface area contributed by atoms with Gasteiger partial charge in [0.15, 0.2) is 5.13 Å². The lowest BCUT2D eigenvalue weighted by Gasteiger charge is -2.08. The molecule has 0 bridgehead atoms. The van der Waals surface area contributed by atoms with Crippen LogP contribution in [0.25, 0.3) is 10.6 Å². The maximum Gasteiger partial charge on any atom is 0.416 e. The molecule has 0 atom stereocenters. The molecule has 25 heavy (non-hydrogen) atoms. The summed E-state index contributed by atoms with van der Waals surface area (Å²) in [5, 5.41) is 2.85. The van der Waals surface area contributed by atoms with E-state index in [0.29, 0.717) is 10.8 Å². The number of anilines is 1. The molecule has 1 aromatic carbocycles. The minimum absolute atomic E-state index is 0.0814. The average Bonchev–Trinajstić information content (AvgIpc) is 2.95. The summed E-state index contributed by atoms with van der Waals surface area (Å²) < 4.78 is 38.3. The van der Waals surface area contributed by atoms with E-state index in [1.807, 2.05) is 12.1 Å². The quantitative estimate of drug-likeness (QED) is 0.728. The number of alkyl halides is 3. The van der Waals surface area contributed by atoms with Crippen molar-refractivity contribution >= 4 is 22.4 Å². The second-order valence-corrected chi connectivity index (χ2v) is 6.18. The molecule has 2 heterocycles. The summed E-state index contributed by atoms with van der Waals surface area (Å²) in [6.07, 6.45) is -2.85. The standard InChI is InChI=1S/C17H12F3N3OS/c1-10-14(13-7-2-3-8-21-13)25-16(22-10)23-15(24)11-5-4-6-12(9-11)17(18,19)20/h2-9H,1H3,(H,22,23,24). The Morgan fingerprint density at radius 2 is 1.96 bits per heavy atom. The molecule has 2 aromatic heterocycles. The number of thiazole rings is 1. The molecule has 1 amide bonds. The molecular formula is C17H12F3N3OS. The highest BCUT2D eigenvalue weighted by Crippen LogP contribution is 2.32. The minimum atomic E-state index is -4.50. The van der Waals surface area contributed by atoms with Crippen molar-refractivity contribution < 1.29 is 18.0 Å². The fraction of sp³-hybridized carbons (Fsp3) is 0.118. The first-order valence-electron chi connectivity index (χ1n) is 7.22. The van der Waals surface area contributed by atoms with Crippen LogP contribution in [0.1, 0.15) is 21.6 Å². The second-order valence-electron chi connectivity index (χ2n) is 5.18. The van der Waals surface area contributed by atoms with Crippen LogP contribution in [0, 0.1) is 6.92 Å². The van der Waals surface area contributed by atoms with E-state index in [0.717, 1.165) is 22.7 Å². The number of carbonyl (C=O) groups is 1. The number of benzene rings is 1. The molecule has 0 fully saturated rings. The van der Waals surface area contributed by atoms with Crippen LogP contribution in [0.15, 0.2) is 48.7 Å². The zero-order valence-corrected chi connectivity index (χ0v) is 13.8. The number of hydrogen-bond donors (Lipinski definition) is 1. The molecular weight excluding hydrogens is 351 g/mol. The van der Waals surface area contributed by atoms with Crippen LogP contribution in [-0.4, -0.2) is 15.9 Å². The Hall–Kier alpha value is -2.74. The average molecular weight is 363 g/mol. The number of nitrogens with zero attached hydrogens (tertiary/aromatic N) is 2. The molecule has 3 rings (SSSR count). The van der Waals surface area contributed by atoms with Gasteiger partial charge in [0.2, 0.25) is 0 Å². The van der Waals surface area contributed by atoms with Crippen molar-refractivity contribution in [1.29, 1.82) is 0 Å². The number of pyridine rings is 1. The van der Waals surface area contributed by atoms with Gasteiger partial charge in [-0.2, -0.15) is 13.2 Å². The summed E-state index contributed by atoms with van der Waals surface area (Å²) in [6.45, 7) is 1.78. The van der Waals surface area contributed by atoms with Crippen LogP contribution in [0.5, 0.6) is 0 Å². The largest absolute Gasteiger partial charge is 0.416 e. The Kier molecular flexibility index (Phi) is 4.54. The third kappa shape index (κ3) is 3.85. The van der Waals surface area contributed by atoms with Gasteiger partial charge in [-0.25, -0.2) is 4.98 Å². The maximum absolute atomic E-state index is 12.8. The Morgan fingerprint density at radius 3 is 2.64 bits per heavy atom. The number of aryl methyl sites for hydroxylation is 1. The molecule has 0 saturated heterocycles. The number of amides is 1. The van der Waals surface area contributed by atoms with E-state index in [1.54, 1.807) is 19.2 Å². The van der Waals surface area contributed by atoms with Crippen LogP contribution in [0.2, 0.25) is 0 Å². The van der Waals surface area contributed by atoms with Gasteiger partial charge in [0.25, 0.3) is 5.91 Å². The summed E-state index contributed by atoms with van der Waals surface area (Å²) in [5.41, 5.74) is 0.451. The van der Waals surface area contributed by atoms with E-state index in [9.17, 15) is 18.0 Å². The summed E-state index contributed by atoms with van der Waals surface area (Å²) >= 11 is 1.22. The van der Waals surface area contributed by atoms with Crippen molar-refractivity contribution in [2.75, 3.05) is 5.32 Å². The van der Waals surface area contributed by atoms with E-state index in [-0.39, 0.29) is 5.56 Å². The van der Waals surface area contributed by atoms with Gasteiger partial charge >= 0.3 is 6.18 Å². The van der Waals surface area contributed by atoms with E-state index in [1.165, 1.54) is 23.5 Å². The molecule has 0 unspecified atom stereocenters. The molecule has 0 aliphatic carbocycles. The van der Waals surface area contributed by atoms with Gasteiger partial charge in [0.1, 0.15) is 0 Å². The first-order chi connectivity index (χ1) is 11.8. The summed E-state index contributed by atoms with van der Waals surface area (Å²) in [6, 6.07) is 9.70. The van der Waals surface area contributed by atoms with Gasteiger partial charge in [-0.05, 0) is 37.3 Å². The van der Waals surface area contributed by atoms with Crippen molar-refractivity contribution in [2.45, 2.75) is 13.1 Å². The molecule has 0 spiro atoms. The Bertz CT molecular complexity index is 907. The lowest BCUT2D eigenvalue weighted by molar-refractivity contribution is -0.137. The van der Waals surface area contributed by atoms with Crippen LogP contribution in [0.4, 0.5) is 18.3 Å². The highest BCUT2D eigenvalue weighted by atomic mass is 32.1. The molecule has 4 nitrogen and oxygen atoms in total. The molecule has 0 saturated carbocycles. The smallest absolute Gasteiger partial charge is 0.298 e. The molecule has 0 aliphatic rings. The number of hydrogen-bond acceptors (Lipinski definition) is 4. The van der Waals surface area contributed by atoms with Crippen LogP contribution in [0.3, 0.4) is 0 Å². The van der Waals surface area contributed by atoms with Gasteiger partial charge in [0, 0.05) is 11.8 Å². The van der Waals surface area contributed by atoms with E-state index in [4.69, 9.17) is 0 Å². The SMILES string of the molecule is Cc1nc(NC(=O)c2cccc(C(F)(F)F)c2)sc1-c1ccccn1. The predicted octanol–water partition coefficient (Wildman–Crippen LogP) is 4.78. The topological polar surface area (TPSA) is 54.9 Å². The summed E-state index contributed by atoms with van der Waals surface area (Å²) in [7, 11) is 0. The molecule has 128 valence electrons. The maximum atomic E-state index is 12.8. The highest BCUT2D eigenvalue weighted by molar-refractivity contribution is 7.19. The lowest BCUT2D eigenvalue weighted by atomic mass is 10.1. The molecule has 1 N–H and O–H groups in total. The minimum Gasteiger partial charge on any atom is -0.298 e. The van der Waals surface area contributed by atoms with Crippen LogP contribution >= 0.6 is 11.3 Å². The molecule has 0 radical (unpaired) electrons. The molecule has 3 aromatic rings. The Morgan fingerprint density at radius 1 is 1.16 bits per heavy atom. The molecule has 8 heteroatoms. The van der Waals surface area contributed by atoms with Gasteiger partial charge in [-0.15, -0.1) is 0 Å². The number of carbonyl (C=O) groups excluding carboxylic acids is 1. The first kappa shape index (κ1) is 17.1. The van der Waals surface area contributed by atoms with E-state index < -0.39 is 17.6 Å². The number of halogens is 3. The highest BCUT2D eigenvalue weighted by Gasteiger charge is 2.31. The fourth-order valence-corrected chi connectivity index (χ4v) is 3.13. The van der Waals surface area contributed by atoms with Crippen molar-refractivity contribution in [3.8, 4) is 10.6 Å². The monoisotopic (exact) mass is 363 g/mol. The normalized spacial score (nSPS) is 11.4. The lowest BCUT2D eigenvalue weighted by Crippen LogP contribution is -2.13. The van der Waals surface area contributed by atoms with Gasteiger partial charge < -0.3 is 0 Å². The van der Waals surface area contributed by atoms with Crippen molar-refractivity contribution in [3.05, 3.63) is 65.5 Å². The second kappa shape index (κ2) is 6.64. The van der Waals surface area contributed by atoms with Crippen LogP contribution in [-0.2, 0) is 6.18 Å². The first-order valence-corrected chi connectivity index (χ1v) is 8.03. The Labute approximate surface area is 145 Å². The summed E-state index contributed by atoms with van der Waals surface area (Å²) in [4.78, 5) is 21.5. The fourth-order valence-electron chi connectivity index (χ4n) is 2.19. The number of rotatable bonds is 3. The number of aromatic nitrogens is 2. The van der Waals surface area contributed by atoms with Crippen LogP contribution < -0.4 is 5.32 Å². The zero-order chi connectivity index (χ0) is 18.0.